The topological polar surface area (TPSA) is 81.9 Å². The molecule has 0 spiro atoms. The van der Waals surface area contributed by atoms with Crippen LogP contribution < -0.4 is 10.5 Å². The zero-order valence-corrected chi connectivity index (χ0v) is 12.2. The molecule has 1 aromatic carbocycles. The Kier molecular flexibility index (Phi) is 4.79. The van der Waals surface area contributed by atoms with Crippen LogP contribution in [-0.4, -0.2) is 48.9 Å². The number of nitrogens with two attached hydrogens (primary N) is 1. The highest BCUT2D eigenvalue weighted by Gasteiger charge is 2.39. The van der Waals surface area contributed by atoms with Gasteiger partial charge in [-0.25, -0.2) is 0 Å². The molecule has 1 heterocycles. The number of hydrogen-bond donors (Lipinski definition) is 1. The second kappa shape index (κ2) is 6.45. The van der Waals surface area contributed by atoms with Gasteiger partial charge in [-0.15, -0.1) is 13.2 Å². The molecule has 0 bridgehead atoms. The molecule has 1 aliphatic rings. The number of carbonyl (C=O) groups is 2. The number of primary amides is 1. The Morgan fingerprint density at radius 1 is 1.35 bits per heavy atom. The summed E-state index contributed by atoms with van der Waals surface area (Å²) >= 11 is 0. The summed E-state index contributed by atoms with van der Waals surface area (Å²) in [6.07, 6.45) is -4.96. The minimum atomic E-state index is -4.85. The van der Waals surface area contributed by atoms with Crippen LogP contribution in [0.1, 0.15) is 16.8 Å². The lowest BCUT2D eigenvalue weighted by Gasteiger charge is -2.22. The van der Waals surface area contributed by atoms with E-state index in [1.165, 1.54) is 24.1 Å². The van der Waals surface area contributed by atoms with Gasteiger partial charge in [0.15, 0.2) is 0 Å². The molecule has 2 rings (SSSR count). The number of halogens is 3. The first kappa shape index (κ1) is 17.1. The van der Waals surface area contributed by atoms with Crippen molar-refractivity contribution in [3.8, 4) is 5.75 Å². The van der Waals surface area contributed by atoms with Gasteiger partial charge in [0.05, 0.1) is 6.10 Å². The summed E-state index contributed by atoms with van der Waals surface area (Å²) in [6, 6.07) is 3.78. The van der Waals surface area contributed by atoms with Crippen LogP contribution in [0, 0.1) is 0 Å². The van der Waals surface area contributed by atoms with Crippen molar-refractivity contribution in [2.45, 2.75) is 24.9 Å². The monoisotopic (exact) mass is 332 g/mol. The minimum absolute atomic E-state index is 0.0326. The molecule has 1 saturated heterocycles. The molecular formula is C14H15F3N2O4. The zero-order valence-electron chi connectivity index (χ0n) is 12.2. The third-order valence-electron chi connectivity index (χ3n) is 3.50. The minimum Gasteiger partial charge on any atom is -0.406 e. The van der Waals surface area contributed by atoms with Crippen LogP contribution in [0.5, 0.6) is 5.75 Å². The van der Waals surface area contributed by atoms with Gasteiger partial charge in [0.25, 0.3) is 5.91 Å². The highest BCUT2D eigenvalue weighted by atomic mass is 19.4. The van der Waals surface area contributed by atoms with E-state index in [1.807, 2.05) is 0 Å². The summed E-state index contributed by atoms with van der Waals surface area (Å²) in [7, 11) is 1.44. The highest BCUT2D eigenvalue weighted by molar-refractivity contribution is 5.98. The average molecular weight is 332 g/mol. The van der Waals surface area contributed by atoms with Gasteiger partial charge in [0, 0.05) is 25.6 Å². The lowest BCUT2D eigenvalue weighted by molar-refractivity contribution is -0.274. The summed E-state index contributed by atoms with van der Waals surface area (Å²) < 4.78 is 45.6. The molecule has 0 saturated carbocycles. The van der Waals surface area contributed by atoms with E-state index in [0.717, 1.165) is 12.1 Å². The predicted octanol–water partition coefficient (Wildman–Crippen LogP) is 1.30. The molecule has 2 amide bonds. The number of ether oxygens (including phenoxy) is 2. The van der Waals surface area contributed by atoms with Crippen LogP contribution in [0.25, 0.3) is 0 Å². The fourth-order valence-electron chi connectivity index (χ4n) is 2.45. The first-order valence-electron chi connectivity index (χ1n) is 6.70. The second-order valence-electron chi connectivity index (χ2n) is 5.04. The zero-order chi connectivity index (χ0) is 17.2. The third kappa shape index (κ3) is 4.13. The maximum atomic E-state index is 12.5. The summed E-state index contributed by atoms with van der Waals surface area (Å²) in [5.74, 6) is -1.82. The van der Waals surface area contributed by atoms with Crippen molar-refractivity contribution < 1.29 is 32.2 Å². The van der Waals surface area contributed by atoms with E-state index in [-0.39, 0.29) is 24.6 Å². The van der Waals surface area contributed by atoms with Gasteiger partial charge in [0.1, 0.15) is 11.8 Å². The maximum absolute atomic E-state index is 12.5. The molecule has 1 aromatic rings. The Morgan fingerprint density at radius 3 is 2.61 bits per heavy atom. The van der Waals surface area contributed by atoms with Crippen molar-refractivity contribution in [3.63, 3.8) is 0 Å². The standard InChI is InChI=1S/C14H15F3N2O4/c1-22-10-6-11(12(18)20)19(7-10)13(21)8-3-2-4-9(5-8)23-14(15,16)17/h2-5,10-11H,6-7H2,1H3,(H2,18,20)/t10-,11-/m0/s1. The van der Waals surface area contributed by atoms with Crippen molar-refractivity contribution in [2.75, 3.05) is 13.7 Å². The van der Waals surface area contributed by atoms with Gasteiger partial charge < -0.3 is 20.1 Å². The van der Waals surface area contributed by atoms with Gasteiger partial charge in [-0.2, -0.15) is 0 Å². The van der Waals surface area contributed by atoms with E-state index in [9.17, 15) is 22.8 Å². The summed E-state index contributed by atoms with van der Waals surface area (Å²) in [5.41, 5.74) is 5.24. The van der Waals surface area contributed by atoms with E-state index < -0.39 is 30.0 Å². The highest BCUT2D eigenvalue weighted by Crippen LogP contribution is 2.26. The number of carbonyl (C=O) groups excluding carboxylic acids is 2. The molecule has 126 valence electrons. The number of rotatable bonds is 4. The average Bonchev–Trinajstić information content (AvgIpc) is 2.89. The fourth-order valence-corrected chi connectivity index (χ4v) is 2.45. The molecule has 2 atom stereocenters. The first-order valence-corrected chi connectivity index (χ1v) is 6.70. The molecule has 9 heteroatoms. The van der Waals surface area contributed by atoms with Gasteiger partial charge in [-0.3, -0.25) is 9.59 Å². The van der Waals surface area contributed by atoms with Gasteiger partial charge in [0.2, 0.25) is 5.91 Å². The van der Waals surface area contributed by atoms with Crippen LogP contribution in [0.15, 0.2) is 24.3 Å². The number of alkyl halides is 3. The van der Waals surface area contributed by atoms with Crippen LogP contribution in [0.3, 0.4) is 0 Å². The Balaban J connectivity index is 2.22. The normalized spacial score (nSPS) is 21.3. The fraction of sp³-hybridized carbons (Fsp3) is 0.429. The Hall–Kier alpha value is -2.29. The van der Waals surface area contributed by atoms with Crippen molar-refractivity contribution in [2.24, 2.45) is 5.73 Å². The van der Waals surface area contributed by atoms with Crippen molar-refractivity contribution >= 4 is 11.8 Å². The van der Waals surface area contributed by atoms with E-state index >= 15 is 0 Å². The quantitative estimate of drug-likeness (QED) is 0.901. The number of benzene rings is 1. The molecule has 0 aromatic heterocycles. The number of likely N-dealkylation sites (tertiary alicyclic amines) is 1. The number of methoxy groups -OCH3 is 1. The Labute approximate surface area is 129 Å². The van der Waals surface area contributed by atoms with E-state index in [0.29, 0.717) is 0 Å². The SMILES string of the molecule is CO[C@H]1C[C@@H](C(N)=O)N(C(=O)c2cccc(OC(F)(F)F)c2)C1. The lowest BCUT2D eigenvalue weighted by Crippen LogP contribution is -2.43. The molecule has 1 fully saturated rings. The molecule has 6 nitrogen and oxygen atoms in total. The predicted molar refractivity (Wildman–Crippen MR) is 72.6 cm³/mol. The molecule has 23 heavy (non-hydrogen) atoms. The molecule has 0 aliphatic carbocycles. The summed E-state index contributed by atoms with van der Waals surface area (Å²) in [5, 5.41) is 0. The van der Waals surface area contributed by atoms with E-state index in [1.54, 1.807) is 0 Å². The molecular weight excluding hydrogens is 317 g/mol. The van der Waals surface area contributed by atoms with E-state index in [4.69, 9.17) is 10.5 Å². The van der Waals surface area contributed by atoms with Crippen LogP contribution >= 0.6 is 0 Å². The van der Waals surface area contributed by atoms with Crippen LogP contribution in [0.2, 0.25) is 0 Å². The van der Waals surface area contributed by atoms with Crippen molar-refractivity contribution in [1.82, 2.24) is 4.90 Å². The summed E-state index contributed by atoms with van der Waals surface area (Å²) in [4.78, 5) is 25.1. The molecule has 1 aliphatic heterocycles. The van der Waals surface area contributed by atoms with Gasteiger partial charge in [-0.1, -0.05) is 6.07 Å². The van der Waals surface area contributed by atoms with E-state index in [2.05, 4.69) is 4.74 Å². The second-order valence-corrected chi connectivity index (χ2v) is 5.04. The van der Waals surface area contributed by atoms with Crippen LogP contribution in [0.4, 0.5) is 13.2 Å². The maximum Gasteiger partial charge on any atom is 0.573 e. The molecule has 2 N–H and O–H groups in total. The number of amides is 2. The Bertz CT molecular complexity index is 606. The van der Waals surface area contributed by atoms with Gasteiger partial charge in [-0.05, 0) is 18.2 Å². The van der Waals surface area contributed by atoms with Crippen molar-refractivity contribution in [3.05, 3.63) is 29.8 Å². The molecule has 0 radical (unpaired) electrons. The largest absolute Gasteiger partial charge is 0.573 e. The van der Waals surface area contributed by atoms with Crippen molar-refractivity contribution in [1.29, 1.82) is 0 Å². The molecule has 0 unspecified atom stereocenters. The third-order valence-corrected chi connectivity index (χ3v) is 3.50. The smallest absolute Gasteiger partial charge is 0.406 e. The van der Waals surface area contributed by atoms with Crippen LogP contribution in [-0.2, 0) is 9.53 Å². The number of hydrogen-bond acceptors (Lipinski definition) is 4. The van der Waals surface area contributed by atoms with Gasteiger partial charge >= 0.3 is 6.36 Å². The first-order chi connectivity index (χ1) is 10.7. The lowest BCUT2D eigenvalue weighted by atomic mass is 10.1. The Morgan fingerprint density at radius 2 is 2.04 bits per heavy atom. The summed E-state index contributed by atoms with van der Waals surface area (Å²) in [6.45, 7) is 0.132. The number of nitrogens with zero attached hydrogens (tertiary/aromatic N) is 1.